The average Bonchev–Trinajstić information content (AvgIpc) is 2.81. The maximum absolute atomic E-state index is 5.92. The molecule has 1 aromatic carbocycles. The maximum Gasteiger partial charge on any atom is 0.164 e. The zero-order chi connectivity index (χ0) is 12.5. The van der Waals surface area contributed by atoms with E-state index < -0.39 is 0 Å². The Morgan fingerprint density at radius 2 is 2.33 bits per heavy atom. The van der Waals surface area contributed by atoms with Crippen molar-refractivity contribution in [2.45, 2.75) is 12.3 Å². The van der Waals surface area contributed by atoms with E-state index in [0.29, 0.717) is 11.8 Å². The number of hydrogen-bond acceptors (Lipinski definition) is 3. The van der Waals surface area contributed by atoms with Crippen LogP contribution >= 0.6 is 0 Å². The summed E-state index contributed by atoms with van der Waals surface area (Å²) < 4.78 is 11.3. The van der Waals surface area contributed by atoms with Crippen molar-refractivity contribution < 1.29 is 9.47 Å². The van der Waals surface area contributed by atoms with Crippen molar-refractivity contribution in [3.63, 3.8) is 0 Å². The van der Waals surface area contributed by atoms with E-state index in [1.807, 2.05) is 6.07 Å². The lowest BCUT2D eigenvalue weighted by Crippen LogP contribution is -2.25. The van der Waals surface area contributed by atoms with Gasteiger partial charge in [0.05, 0.1) is 13.7 Å². The van der Waals surface area contributed by atoms with Crippen LogP contribution in [0, 0.1) is 12.8 Å². The maximum atomic E-state index is 5.92. The third kappa shape index (κ3) is 1.87. The van der Waals surface area contributed by atoms with Gasteiger partial charge in [0, 0.05) is 30.5 Å². The van der Waals surface area contributed by atoms with Crippen LogP contribution in [0.5, 0.6) is 11.5 Å². The number of ether oxygens (including phenoxy) is 2. The molecule has 0 aliphatic carbocycles. The van der Waals surface area contributed by atoms with Gasteiger partial charge in [-0.1, -0.05) is 19.1 Å². The van der Waals surface area contributed by atoms with Crippen LogP contribution in [0.25, 0.3) is 0 Å². The number of likely N-dealkylation sites (tertiary alicyclic amines) is 1. The van der Waals surface area contributed by atoms with Crippen LogP contribution in [-0.2, 0) is 0 Å². The molecule has 1 aromatic rings. The molecule has 3 heteroatoms. The van der Waals surface area contributed by atoms with Gasteiger partial charge in [-0.05, 0) is 19.0 Å². The van der Waals surface area contributed by atoms with Gasteiger partial charge in [0.2, 0.25) is 0 Å². The second-order valence-corrected chi connectivity index (χ2v) is 5.17. The van der Waals surface area contributed by atoms with Crippen LogP contribution in [0.3, 0.4) is 0 Å². The van der Waals surface area contributed by atoms with Gasteiger partial charge in [-0.25, -0.2) is 0 Å². The monoisotopic (exact) mass is 246 g/mol. The first-order chi connectivity index (χ1) is 8.83. The van der Waals surface area contributed by atoms with Gasteiger partial charge >= 0.3 is 0 Å². The van der Waals surface area contributed by atoms with Crippen LogP contribution in [0.4, 0.5) is 0 Å². The number of fused-ring (bicyclic) bond motifs is 3. The first-order valence-electron chi connectivity index (χ1n) is 6.64. The summed E-state index contributed by atoms with van der Waals surface area (Å²) in [5, 5.41) is 0. The van der Waals surface area contributed by atoms with Gasteiger partial charge in [0.1, 0.15) is 0 Å². The van der Waals surface area contributed by atoms with E-state index >= 15 is 0 Å². The van der Waals surface area contributed by atoms with E-state index in [1.54, 1.807) is 7.11 Å². The average molecular weight is 246 g/mol. The third-order valence-electron chi connectivity index (χ3n) is 4.06. The van der Waals surface area contributed by atoms with Crippen molar-refractivity contribution >= 4 is 0 Å². The fourth-order valence-corrected chi connectivity index (χ4v) is 3.22. The molecule has 0 N–H and O–H groups in total. The molecular weight excluding hydrogens is 226 g/mol. The molecule has 2 aliphatic rings. The summed E-state index contributed by atoms with van der Waals surface area (Å²) in [5.41, 5.74) is 1.32. The van der Waals surface area contributed by atoms with Crippen molar-refractivity contribution in [1.82, 2.24) is 4.90 Å². The lowest BCUT2D eigenvalue weighted by atomic mass is 9.87. The van der Waals surface area contributed by atoms with Gasteiger partial charge in [-0.2, -0.15) is 0 Å². The highest BCUT2D eigenvalue weighted by atomic mass is 16.5. The van der Waals surface area contributed by atoms with Crippen LogP contribution < -0.4 is 9.47 Å². The molecule has 1 fully saturated rings. The second-order valence-electron chi connectivity index (χ2n) is 5.17. The van der Waals surface area contributed by atoms with Gasteiger partial charge in [0.15, 0.2) is 11.5 Å². The number of para-hydroxylation sites is 1. The normalized spacial score (nSPS) is 26.3. The Hall–Kier alpha value is -1.22. The van der Waals surface area contributed by atoms with E-state index in [9.17, 15) is 0 Å². The molecule has 2 heterocycles. The molecule has 0 spiro atoms. The Balaban J connectivity index is 1.89. The van der Waals surface area contributed by atoms with Crippen molar-refractivity contribution in [1.29, 1.82) is 0 Å². The molecule has 97 valence electrons. The summed E-state index contributed by atoms with van der Waals surface area (Å²) in [6.45, 7) is 8.11. The van der Waals surface area contributed by atoms with Gasteiger partial charge in [0.25, 0.3) is 0 Å². The van der Waals surface area contributed by atoms with Crippen molar-refractivity contribution in [2.24, 2.45) is 5.92 Å². The molecule has 0 amide bonds. The van der Waals surface area contributed by atoms with Crippen molar-refractivity contribution in [3.05, 3.63) is 30.7 Å². The minimum atomic E-state index is 0.593. The second kappa shape index (κ2) is 4.81. The molecule has 0 aromatic heterocycles. The zero-order valence-electron chi connectivity index (χ0n) is 10.9. The molecule has 2 aliphatic heterocycles. The lowest BCUT2D eigenvalue weighted by molar-refractivity contribution is 0.204. The molecular formula is C15H20NO2. The van der Waals surface area contributed by atoms with Crippen molar-refractivity contribution in [3.8, 4) is 11.5 Å². The summed E-state index contributed by atoms with van der Waals surface area (Å²) >= 11 is 0. The van der Waals surface area contributed by atoms with Crippen LogP contribution in [0.2, 0.25) is 0 Å². The van der Waals surface area contributed by atoms with Gasteiger partial charge < -0.3 is 14.4 Å². The molecule has 0 unspecified atom stereocenters. The smallest absolute Gasteiger partial charge is 0.164 e. The number of nitrogens with zero attached hydrogens (tertiary/aromatic N) is 1. The summed E-state index contributed by atoms with van der Waals surface area (Å²) in [7, 11) is 1.70. The standard InChI is InChI=1S/C15H20NO2/c1-3-7-16-8-11-10-18-15-12(13(11)9-16)5-4-6-14(15)17-2/h4-6,11,13H,1,3,7-10H2,2H3/t11-,13-/m1/s1. The predicted molar refractivity (Wildman–Crippen MR) is 71.1 cm³/mol. The fourth-order valence-electron chi connectivity index (χ4n) is 3.22. The van der Waals surface area contributed by atoms with E-state index in [2.05, 4.69) is 24.0 Å². The highest BCUT2D eigenvalue weighted by Gasteiger charge is 2.39. The lowest BCUT2D eigenvalue weighted by Gasteiger charge is -2.28. The highest BCUT2D eigenvalue weighted by Crippen LogP contribution is 2.45. The Morgan fingerprint density at radius 1 is 1.44 bits per heavy atom. The largest absolute Gasteiger partial charge is 0.493 e. The van der Waals surface area contributed by atoms with Crippen LogP contribution in [-0.4, -0.2) is 38.3 Å². The molecule has 18 heavy (non-hydrogen) atoms. The van der Waals surface area contributed by atoms with E-state index in [-0.39, 0.29) is 0 Å². The van der Waals surface area contributed by atoms with Crippen LogP contribution in [0.15, 0.2) is 18.2 Å². The molecule has 3 nitrogen and oxygen atoms in total. The van der Waals surface area contributed by atoms with Crippen LogP contribution in [0.1, 0.15) is 17.9 Å². The fraction of sp³-hybridized carbons (Fsp3) is 0.533. The number of hydrogen-bond donors (Lipinski definition) is 0. The van der Waals surface area contributed by atoms with Gasteiger partial charge in [-0.15, -0.1) is 0 Å². The number of rotatable bonds is 3. The topological polar surface area (TPSA) is 21.7 Å². The number of methoxy groups -OCH3 is 1. The third-order valence-corrected chi connectivity index (χ3v) is 4.06. The minimum Gasteiger partial charge on any atom is -0.493 e. The predicted octanol–water partition coefficient (Wildman–Crippen LogP) is 2.33. The summed E-state index contributed by atoms with van der Waals surface area (Å²) in [6, 6.07) is 6.22. The Morgan fingerprint density at radius 3 is 3.11 bits per heavy atom. The Kier molecular flexibility index (Phi) is 3.16. The molecule has 1 saturated heterocycles. The molecule has 0 bridgehead atoms. The molecule has 1 radical (unpaired) electrons. The Bertz CT molecular complexity index is 433. The Labute approximate surface area is 109 Å². The zero-order valence-corrected chi connectivity index (χ0v) is 10.9. The number of benzene rings is 1. The summed E-state index contributed by atoms with van der Waals surface area (Å²) in [5.74, 6) is 3.03. The quantitative estimate of drug-likeness (QED) is 0.817. The van der Waals surface area contributed by atoms with Crippen molar-refractivity contribution in [2.75, 3.05) is 33.4 Å². The first-order valence-corrected chi connectivity index (χ1v) is 6.64. The van der Waals surface area contributed by atoms with E-state index in [0.717, 1.165) is 44.2 Å². The SMILES string of the molecule is [CH2]CCN1C[C@@H]2COc3c(OC)cccc3[C@@H]2C1. The molecule has 3 rings (SSSR count). The highest BCUT2D eigenvalue weighted by molar-refractivity contribution is 5.50. The van der Waals surface area contributed by atoms with Gasteiger partial charge in [-0.3, -0.25) is 0 Å². The molecule has 0 saturated carbocycles. The summed E-state index contributed by atoms with van der Waals surface area (Å²) in [6.07, 6.45) is 0.977. The first kappa shape index (κ1) is 11.8. The summed E-state index contributed by atoms with van der Waals surface area (Å²) in [4.78, 5) is 2.50. The molecule has 2 atom stereocenters. The minimum absolute atomic E-state index is 0.593. The van der Waals surface area contributed by atoms with E-state index in [4.69, 9.17) is 9.47 Å². The van der Waals surface area contributed by atoms with E-state index in [1.165, 1.54) is 5.56 Å².